The molecule has 1 aliphatic rings. The molecular weight excluding hydrogens is 218 g/mol. The molecular formula is C11H19N5O. The predicted octanol–water partition coefficient (Wildman–Crippen LogP) is 0.651. The minimum Gasteiger partial charge on any atom is -0.394 e. The largest absolute Gasteiger partial charge is 0.394 e. The molecule has 0 bridgehead atoms. The molecule has 0 spiro atoms. The van der Waals surface area contributed by atoms with Gasteiger partial charge in [0.15, 0.2) is 0 Å². The van der Waals surface area contributed by atoms with Crippen molar-refractivity contribution in [2.24, 2.45) is 5.84 Å². The fourth-order valence-electron chi connectivity index (χ4n) is 1.86. The number of hydrogen-bond donors (Lipinski definition) is 4. The summed E-state index contributed by atoms with van der Waals surface area (Å²) in [4.78, 5) is 8.35. The summed E-state index contributed by atoms with van der Waals surface area (Å²) in [5.41, 5.74) is 3.40. The van der Waals surface area contributed by atoms with Gasteiger partial charge in [0.05, 0.1) is 12.1 Å². The first kappa shape index (κ1) is 12.1. The molecule has 6 heteroatoms. The third-order valence-corrected chi connectivity index (χ3v) is 3.12. The van der Waals surface area contributed by atoms with E-state index in [0.29, 0.717) is 5.82 Å². The van der Waals surface area contributed by atoms with Gasteiger partial charge >= 0.3 is 0 Å². The summed E-state index contributed by atoms with van der Waals surface area (Å²) in [6.07, 6.45) is 5.27. The van der Waals surface area contributed by atoms with Gasteiger partial charge in [0.1, 0.15) is 18.0 Å². The van der Waals surface area contributed by atoms with Gasteiger partial charge in [-0.2, -0.15) is 0 Å². The monoisotopic (exact) mass is 237 g/mol. The van der Waals surface area contributed by atoms with Crippen molar-refractivity contribution in [3.8, 4) is 0 Å². The summed E-state index contributed by atoms with van der Waals surface area (Å²) >= 11 is 0. The van der Waals surface area contributed by atoms with E-state index in [-0.39, 0.29) is 12.1 Å². The Labute approximate surface area is 101 Å². The van der Waals surface area contributed by atoms with Crippen molar-refractivity contribution in [3.63, 3.8) is 0 Å². The highest BCUT2D eigenvalue weighted by Gasteiger charge is 2.42. The molecule has 1 heterocycles. The number of aliphatic hydroxyl groups is 1. The first-order chi connectivity index (χ1) is 8.24. The Morgan fingerprint density at radius 1 is 1.41 bits per heavy atom. The number of hydrazine groups is 1. The van der Waals surface area contributed by atoms with Crippen molar-refractivity contribution in [1.82, 2.24) is 9.97 Å². The van der Waals surface area contributed by atoms with Crippen molar-refractivity contribution in [2.75, 3.05) is 17.3 Å². The van der Waals surface area contributed by atoms with Crippen LogP contribution in [0.25, 0.3) is 0 Å². The predicted molar refractivity (Wildman–Crippen MR) is 66.5 cm³/mol. The summed E-state index contributed by atoms with van der Waals surface area (Å²) in [6.45, 7) is 2.23. The minimum atomic E-state index is -0.178. The van der Waals surface area contributed by atoms with Crippen LogP contribution in [-0.2, 0) is 6.42 Å². The number of nitrogens with two attached hydrogens (primary N) is 1. The molecule has 0 unspecified atom stereocenters. The average molecular weight is 237 g/mol. The number of rotatable bonds is 6. The van der Waals surface area contributed by atoms with Gasteiger partial charge in [-0.15, -0.1) is 0 Å². The van der Waals surface area contributed by atoms with Crippen LogP contribution in [0.4, 0.5) is 11.6 Å². The lowest BCUT2D eigenvalue weighted by atomic mass is 10.1. The second-order valence-electron chi connectivity index (χ2n) is 4.51. The van der Waals surface area contributed by atoms with Crippen molar-refractivity contribution in [3.05, 3.63) is 11.9 Å². The summed E-state index contributed by atoms with van der Waals surface area (Å²) in [6, 6.07) is 0. The quantitative estimate of drug-likeness (QED) is 0.428. The number of hydrogen-bond acceptors (Lipinski definition) is 6. The molecule has 0 saturated heterocycles. The van der Waals surface area contributed by atoms with E-state index >= 15 is 0 Å². The van der Waals surface area contributed by atoms with E-state index in [2.05, 4.69) is 27.6 Å². The van der Waals surface area contributed by atoms with E-state index in [1.54, 1.807) is 0 Å². The second-order valence-corrected chi connectivity index (χ2v) is 4.51. The number of anilines is 2. The Morgan fingerprint density at radius 2 is 2.12 bits per heavy atom. The van der Waals surface area contributed by atoms with Crippen LogP contribution in [0.5, 0.6) is 0 Å². The standard InChI is InChI=1S/C11H19N5O/c1-2-3-8-9(13-7-14-10(8)16-12)15-11(6-17)4-5-11/h7,17H,2-6,12H2,1H3,(H2,13,14,15,16). The topological polar surface area (TPSA) is 96.1 Å². The van der Waals surface area contributed by atoms with E-state index in [4.69, 9.17) is 5.84 Å². The number of aromatic nitrogens is 2. The highest BCUT2D eigenvalue weighted by Crippen LogP contribution is 2.39. The highest BCUT2D eigenvalue weighted by atomic mass is 16.3. The molecule has 1 saturated carbocycles. The minimum absolute atomic E-state index is 0.133. The molecule has 0 aromatic carbocycles. The van der Waals surface area contributed by atoms with Crippen LogP contribution in [-0.4, -0.2) is 27.2 Å². The summed E-state index contributed by atoms with van der Waals surface area (Å²) in [5.74, 6) is 6.87. The van der Waals surface area contributed by atoms with Crippen LogP contribution in [0.15, 0.2) is 6.33 Å². The van der Waals surface area contributed by atoms with Crippen LogP contribution in [0, 0.1) is 0 Å². The van der Waals surface area contributed by atoms with Gasteiger partial charge in [0.2, 0.25) is 0 Å². The smallest absolute Gasteiger partial charge is 0.148 e. The SMILES string of the molecule is CCCc1c(NN)ncnc1NC1(CO)CC1. The number of nitrogens with one attached hydrogen (secondary N) is 2. The van der Waals surface area contributed by atoms with Crippen molar-refractivity contribution in [1.29, 1.82) is 0 Å². The normalized spacial score (nSPS) is 16.6. The molecule has 1 aliphatic carbocycles. The van der Waals surface area contributed by atoms with Gasteiger partial charge in [0.25, 0.3) is 0 Å². The Hall–Kier alpha value is -1.40. The van der Waals surface area contributed by atoms with Crippen LogP contribution < -0.4 is 16.6 Å². The maximum absolute atomic E-state index is 9.32. The number of nitrogen functional groups attached to an aromatic ring is 1. The lowest BCUT2D eigenvalue weighted by molar-refractivity contribution is 0.266. The van der Waals surface area contributed by atoms with Gasteiger partial charge in [-0.3, -0.25) is 0 Å². The molecule has 6 nitrogen and oxygen atoms in total. The molecule has 1 aromatic rings. The molecule has 1 fully saturated rings. The molecule has 5 N–H and O–H groups in total. The lowest BCUT2D eigenvalue weighted by Crippen LogP contribution is -2.27. The van der Waals surface area contributed by atoms with Crippen LogP contribution in [0.3, 0.4) is 0 Å². The van der Waals surface area contributed by atoms with E-state index < -0.39 is 0 Å². The summed E-state index contributed by atoms with van der Waals surface area (Å²) < 4.78 is 0. The first-order valence-electron chi connectivity index (χ1n) is 5.94. The van der Waals surface area contributed by atoms with Crippen LogP contribution in [0.1, 0.15) is 31.7 Å². The molecule has 0 aliphatic heterocycles. The molecule has 0 amide bonds. The third-order valence-electron chi connectivity index (χ3n) is 3.12. The third kappa shape index (κ3) is 2.48. The van der Waals surface area contributed by atoms with Crippen molar-refractivity contribution in [2.45, 2.75) is 38.1 Å². The number of aliphatic hydroxyl groups excluding tert-OH is 1. The second kappa shape index (κ2) is 4.85. The van der Waals surface area contributed by atoms with E-state index in [1.807, 2.05) is 0 Å². The van der Waals surface area contributed by atoms with E-state index in [1.165, 1.54) is 6.33 Å². The van der Waals surface area contributed by atoms with Gasteiger partial charge in [-0.05, 0) is 19.3 Å². The van der Waals surface area contributed by atoms with Gasteiger partial charge < -0.3 is 15.8 Å². The molecule has 1 aromatic heterocycles. The Balaban J connectivity index is 2.25. The molecule has 2 rings (SSSR count). The van der Waals surface area contributed by atoms with Crippen LogP contribution in [0.2, 0.25) is 0 Å². The lowest BCUT2D eigenvalue weighted by Gasteiger charge is -2.18. The van der Waals surface area contributed by atoms with Crippen LogP contribution >= 0.6 is 0 Å². The van der Waals surface area contributed by atoms with Crippen molar-refractivity contribution < 1.29 is 5.11 Å². The zero-order valence-corrected chi connectivity index (χ0v) is 10.0. The average Bonchev–Trinajstić information content (AvgIpc) is 3.12. The van der Waals surface area contributed by atoms with E-state index in [0.717, 1.165) is 37.1 Å². The highest BCUT2D eigenvalue weighted by molar-refractivity contribution is 5.58. The molecule has 0 atom stereocenters. The van der Waals surface area contributed by atoms with Gasteiger partial charge in [-0.1, -0.05) is 13.3 Å². The Bertz CT molecular complexity index is 391. The zero-order chi connectivity index (χ0) is 12.3. The van der Waals surface area contributed by atoms with E-state index in [9.17, 15) is 5.11 Å². The molecule has 94 valence electrons. The van der Waals surface area contributed by atoms with Gasteiger partial charge in [0, 0.05) is 5.56 Å². The maximum Gasteiger partial charge on any atom is 0.148 e. The van der Waals surface area contributed by atoms with Crippen molar-refractivity contribution >= 4 is 11.6 Å². The summed E-state index contributed by atoms with van der Waals surface area (Å²) in [7, 11) is 0. The zero-order valence-electron chi connectivity index (χ0n) is 10.0. The Morgan fingerprint density at radius 3 is 2.65 bits per heavy atom. The fraction of sp³-hybridized carbons (Fsp3) is 0.636. The molecule has 0 radical (unpaired) electrons. The molecule has 17 heavy (non-hydrogen) atoms. The maximum atomic E-state index is 9.32. The first-order valence-corrected chi connectivity index (χ1v) is 5.94. The fourth-order valence-corrected chi connectivity index (χ4v) is 1.86. The van der Waals surface area contributed by atoms with Gasteiger partial charge in [-0.25, -0.2) is 15.8 Å². The summed E-state index contributed by atoms with van der Waals surface area (Å²) in [5, 5.41) is 12.6. The Kier molecular flexibility index (Phi) is 3.44. The number of nitrogens with zero attached hydrogens (tertiary/aromatic N) is 2.